The highest BCUT2D eigenvalue weighted by atomic mass is 19.3. The molecule has 0 spiro atoms. The Kier molecular flexibility index (Phi) is 4.34. The summed E-state index contributed by atoms with van der Waals surface area (Å²) in [6, 6.07) is 1.61. The van der Waals surface area contributed by atoms with Gasteiger partial charge in [-0.1, -0.05) is 0 Å². The van der Waals surface area contributed by atoms with E-state index in [0.717, 1.165) is 6.07 Å². The van der Waals surface area contributed by atoms with Gasteiger partial charge in [-0.2, -0.15) is 0 Å². The summed E-state index contributed by atoms with van der Waals surface area (Å²) in [5.74, 6) is -5.08. The van der Waals surface area contributed by atoms with Crippen LogP contribution in [0.2, 0.25) is 0 Å². The van der Waals surface area contributed by atoms with Gasteiger partial charge < -0.3 is 10.5 Å². The standard InChI is InChI=1S/C12H14F3NO2/c1-12(14,15)7-5-8(10(17)3-4-16)11(18-2)9(13)6-7/h5-6H,3-4,16H2,1-2H3. The third kappa shape index (κ3) is 3.01. The fourth-order valence-electron chi connectivity index (χ4n) is 1.53. The number of rotatable bonds is 5. The Morgan fingerprint density at radius 1 is 1.44 bits per heavy atom. The van der Waals surface area contributed by atoms with Crippen molar-refractivity contribution in [1.29, 1.82) is 0 Å². The number of methoxy groups -OCH3 is 1. The number of alkyl halides is 2. The van der Waals surface area contributed by atoms with Gasteiger partial charge in [0.1, 0.15) is 0 Å². The number of hydrogen-bond donors (Lipinski definition) is 1. The largest absolute Gasteiger partial charge is 0.493 e. The summed E-state index contributed by atoms with van der Waals surface area (Å²) in [5.41, 5.74) is 4.44. The van der Waals surface area contributed by atoms with E-state index in [2.05, 4.69) is 0 Å². The first-order valence-corrected chi connectivity index (χ1v) is 5.30. The van der Waals surface area contributed by atoms with E-state index < -0.39 is 23.1 Å². The number of Topliss-reactive ketones (excluding diaryl/α,β-unsaturated/α-hetero) is 1. The van der Waals surface area contributed by atoms with Crippen LogP contribution in [0.5, 0.6) is 5.75 Å². The second-order valence-electron chi connectivity index (χ2n) is 3.89. The van der Waals surface area contributed by atoms with Crippen LogP contribution < -0.4 is 10.5 Å². The summed E-state index contributed by atoms with van der Waals surface area (Å²) >= 11 is 0. The van der Waals surface area contributed by atoms with E-state index in [1.807, 2.05) is 0 Å². The van der Waals surface area contributed by atoms with Gasteiger partial charge in [-0.05, 0) is 18.7 Å². The van der Waals surface area contributed by atoms with Crippen LogP contribution >= 0.6 is 0 Å². The lowest BCUT2D eigenvalue weighted by atomic mass is 10.0. The SMILES string of the molecule is COc1c(F)cc(C(C)(F)F)cc1C(=O)CCN. The van der Waals surface area contributed by atoms with Gasteiger partial charge in [-0.25, -0.2) is 13.2 Å². The zero-order chi connectivity index (χ0) is 13.9. The number of nitrogens with two attached hydrogens (primary N) is 1. The zero-order valence-electron chi connectivity index (χ0n) is 10.1. The molecule has 0 amide bonds. The summed E-state index contributed by atoms with van der Waals surface area (Å²) in [6.07, 6.45) is -0.0610. The number of ketones is 1. The smallest absolute Gasteiger partial charge is 0.270 e. The lowest BCUT2D eigenvalue weighted by molar-refractivity contribution is 0.0170. The molecule has 1 aromatic rings. The molecule has 1 rings (SSSR count). The third-order valence-corrected chi connectivity index (χ3v) is 2.43. The van der Waals surface area contributed by atoms with Crippen LogP contribution in [0, 0.1) is 5.82 Å². The highest BCUT2D eigenvalue weighted by Crippen LogP contribution is 2.33. The fourth-order valence-corrected chi connectivity index (χ4v) is 1.53. The summed E-state index contributed by atoms with van der Waals surface area (Å²) in [6.45, 7) is 0.682. The van der Waals surface area contributed by atoms with Gasteiger partial charge in [0.2, 0.25) is 0 Å². The number of carbonyl (C=O) groups is 1. The normalized spacial score (nSPS) is 11.4. The number of ether oxygens (including phenoxy) is 1. The second-order valence-corrected chi connectivity index (χ2v) is 3.89. The van der Waals surface area contributed by atoms with Crippen LogP contribution in [0.4, 0.5) is 13.2 Å². The van der Waals surface area contributed by atoms with Gasteiger partial charge in [0.25, 0.3) is 5.92 Å². The van der Waals surface area contributed by atoms with E-state index in [1.54, 1.807) is 0 Å². The van der Waals surface area contributed by atoms with E-state index in [9.17, 15) is 18.0 Å². The Hall–Kier alpha value is -1.56. The first-order chi connectivity index (χ1) is 8.31. The lowest BCUT2D eigenvalue weighted by Crippen LogP contribution is -2.14. The molecule has 0 aliphatic heterocycles. The first kappa shape index (κ1) is 14.5. The molecule has 0 heterocycles. The fraction of sp³-hybridized carbons (Fsp3) is 0.417. The molecule has 3 nitrogen and oxygen atoms in total. The Morgan fingerprint density at radius 3 is 2.50 bits per heavy atom. The summed E-state index contributed by atoms with van der Waals surface area (Å²) in [7, 11) is 1.17. The maximum atomic E-state index is 13.6. The van der Waals surface area contributed by atoms with E-state index >= 15 is 0 Å². The van der Waals surface area contributed by atoms with Gasteiger partial charge in [0, 0.05) is 18.9 Å². The number of carbonyl (C=O) groups excluding carboxylic acids is 1. The molecule has 0 aliphatic rings. The van der Waals surface area contributed by atoms with Crippen molar-refractivity contribution in [3.05, 3.63) is 29.1 Å². The maximum Gasteiger partial charge on any atom is 0.270 e. The van der Waals surface area contributed by atoms with Crippen molar-refractivity contribution >= 4 is 5.78 Å². The molecule has 0 radical (unpaired) electrons. The quantitative estimate of drug-likeness (QED) is 0.828. The predicted octanol–water partition coefficient (Wildman–Crippen LogP) is 2.48. The average molecular weight is 261 g/mol. The van der Waals surface area contributed by atoms with Crippen LogP contribution in [-0.4, -0.2) is 19.4 Å². The molecular formula is C12H14F3NO2. The van der Waals surface area contributed by atoms with E-state index in [-0.39, 0.29) is 24.3 Å². The summed E-state index contributed by atoms with van der Waals surface area (Å²) in [5, 5.41) is 0. The molecule has 18 heavy (non-hydrogen) atoms. The molecule has 0 aromatic heterocycles. The van der Waals surface area contributed by atoms with E-state index in [1.165, 1.54) is 7.11 Å². The molecule has 1 aromatic carbocycles. The monoisotopic (exact) mass is 261 g/mol. The Balaban J connectivity index is 3.37. The molecular weight excluding hydrogens is 247 g/mol. The topological polar surface area (TPSA) is 52.3 Å². The van der Waals surface area contributed by atoms with Gasteiger partial charge in [-0.3, -0.25) is 4.79 Å². The van der Waals surface area contributed by atoms with E-state index in [0.29, 0.717) is 13.0 Å². The summed E-state index contributed by atoms with van der Waals surface area (Å²) < 4.78 is 44.6. The van der Waals surface area contributed by atoms with Gasteiger partial charge in [-0.15, -0.1) is 0 Å². The Bertz CT molecular complexity index is 455. The molecule has 0 atom stereocenters. The number of benzene rings is 1. The Labute approximate surface area is 103 Å². The lowest BCUT2D eigenvalue weighted by Gasteiger charge is -2.15. The number of halogens is 3. The van der Waals surface area contributed by atoms with Crippen molar-refractivity contribution in [2.45, 2.75) is 19.3 Å². The van der Waals surface area contributed by atoms with Crippen molar-refractivity contribution in [1.82, 2.24) is 0 Å². The predicted molar refractivity (Wildman–Crippen MR) is 60.5 cm³/mol. The van der Waals surface area contributed by atoms with Crippen LogP contribution in [-0.2, 0) is 5.92 Å². The molecule has 0 aliphatic carbocycles. The summed E-state index contributed by atoms with van der Waals surface area (Å²) in [4.78, 5) is 11.7. The van der Waals surface area contributed by atoms with Gasteiger partial charge in [0.05, 0.1) is 12.7 Å². The maximum absolute atomic E-state index is 13.6. The van der Waals surface area contributed by atoms with Crippen LogP contribution in [0.15, 0.2) is 12.1 Å². The molecule has 100 valence electrons. The molecule has 0 saturated carbocycles. The average Bonchev–Trinajstić information content (AvgIpc) is 2.27. The van der Waals surface area contributed by atoms with Crippen LogP contribution in [0.3, 0.4) is 0 Å². The molecule has 6 heteroatoms. The molecule has 0 saturated heterocycles. The van der Waals surface area contributed by atoms with E-state index in [4.69, 9.17) is 10.5 Å². The highest BCUT2D eigenvalue weighted by Gasteiger charge is 2.28. The van der Waals surface area contributed by atoms with Crippen molar-refractivity contribution in [3.8, 4) is 5.75 Å². The van der Waals surface area contributed by atoms with Crippen molar-refractivity contribution in [2.24, 2.45) is 5.73 Å². The first-order valence-electron chi connectivity index (χ1n) is 5.30. The third-order valence-electron chi connectivity index (χ3n) is 2.43. The van der Waals surface area contributed by atoms with Gasteiger partial charge in [0.15, 0.2) is 17.3 Å². The Morgan fingerprint density at radius 2 is 2.06 bits per heavy atom. The number of hydrogen-bond acceptors (Lipinski definition) is 3. The highest BCUT2D eigenvalue weighted by molar-refractivity contribution is 5.99. The zero-order valence-corrected chi connectivity index (χ0v) is 10.1. The molecule has 0 bridgehead atoms. The van der Waals surface area contributed by atoms with Crippen molar-refractivity contribution in [3.63, 3.8) is 0 Å². The molecule has 0 fully saturated rings. The minimum atomic E-state index is -3.23. The molecule has 2 N–H and O–H groups in total. The van der Waals surface area contributed by atoms with Crippen LogP contribution in [0.25, 0.3) is 0 Å². The minimum Gasteiger partial charge on any atom is -0.493 e. The minimum absolute atomic E-state index is 0.0519. The molecule has 0 unspecified atom stereocenters. The van der Waals surface area contributed by atoms with Crippen LogP contribution in [0.1, 0.15) is 29.3 Å². The van der Waals surface area contributed by atoms with Gasteiger partial charge >= 0.3 is 0 Å². The van der Waals surface area contributed by atoms with Crippen molar-refractivity contribution in [2.75, 3.05) is 13.7 Å². The van der Waals surface area contributed by atoms with Crippen molar-refractivity contribution < 1.29 is 22.7 Å². The second kappa shape index (κ2) is 5.39.